The van der Waals surface area contributed by atoms with Gasteiger partial charge >= 0.3 is 0 Å². The van der Waals surface area contributed by atoms with Gasteiger partial charge in [-0.1, -0.05) is 0 Å². The lowest BCUT2D eigenvalue weighted by atomic mass is 9.98. The summed E-state index contributed by atoms with van der Waals surface area (Å²) in [6, 6.07) is 0. The van der Waals surface area contributed by atoms with Crippen molar-refractivity contribution in [1.29, 1.82) is 0 Å². The summed E-state index contributed by atoms with van der Waals surface area (Å²) in [5.74, 6) is 0. The molecule has 4 heteroatoms. The zero-order valence-corrected chi connectivity index (χ0v) is 11.2. The first-order valence-electron chi connectivity index (χ1n) is 6.07. The van der Waals surface area contributed by atoms with Crippen molar-refractivity contribution in [1.82, 2.24) is 4.90 Å². The Kier molecular flexibility index (Phi) is 7.93. The molecule has 4 nitrogen and oxygen atoms in total. The quantitative estimate of drug-likeness (QED) is 0.618. The van der Waals surface area contributed by atoms with Crippen LogP contribution >= 0.6 is 0 Å². The normalized spacial score (nSPS) is 15.8. The Bertz CT molecular complexity index is 172. The molecule has 1 atom stereocenters. The van der Waals surface area contributed by atoms with Gasteiger partial charge in [0.25, 0.3) is 0 Å². The van der Waals surface area contributed by atoms with Crippen molar-refractivity contribution in [3.63, 3.8) is 0 Å². The predicted molar refractivity (Wildman–Crippen MR) is 67.5 cm³/mol. The van der Waals surface area contributed by atoms with E-state index in [0.29, 0.717) is 6.10 Å². The summed E-state index contributed by atoms with van der Waals surface area (Å²) < 4.78 is 5.47. The van der Waals surface area contributed by atoms with E-state index in [4.69, 9.17) is 15.6 Å². The lowest BCUT2D eigenvalue weighted by molar-refractivity contribution is 0.0631. The Hall–Kier alpha value is -0.160. The van der Waals surface area contributed by atoms with Crippen LogP contribution in [0.25, 0.3) is 0 Å². The zero-order valence-electron chi connectivity index (χ0n) is 11.2. The number of ether oxygens (including phenoxy) is 1. The molecule has 16 heavy (non-hydrogen) atoms. The third-order valence-electron chi connectivity index (χ3n) is 2.57. The van der Waals surface area contributed by atoms with Crippen molar-refractivity contribution in [3.05, 3.63) is 0 Å². The van der Waals surface area contributed by atoms with E-state index in [1.807, 2.05) is 20.8 Å². The Balaban J connectivity index is 3.47. The van der Waals surface area contributed by atoms with Crippen molar-refractivity contribution < 1.29 is 9.84 Å². The molecule has 0 saturated carbocycles. The van der Waals surface area contributed by atoms with Crippen LogP contribution in [0.4, 0.5) is 0 Å². The van der Waals surface area contributed by atoms with Crippen LogP contribution in [0.2, 0.25) is 0 Å². The van der Waals surface area contributed by atoms with Crippen LogP contribution in [-0.2, 0) is 4.74 Å². The highest BCUT2D eigenvalue weighted by atomic mass is 16.5. The second kappa shape index (κ2) is 8.01. The molecule has 0 aliphatic heterocycles. The second-order valence-electron chi connectivity index (χ2n) is 5.14. The fraction of sp³-hybridized carbons (Fsp3) is 1.00. The largest absolute Gasteiger partial charge is 0.394 e. The topological polar surface area (TPSA) is 58.7 Å². The monoisotopic (exact) mass is 232 g/mol. The molecule has 0 radical (unpaired) electrons. The smallest absolute Gasteiger partial charge is 0.0608 e. The van der Waals surface area contributed by atoms with Gasteiger partial charge in [-0.25, -0.2) is 0 Å². The van der Waals surface area contributed by atoms with Crippen molar-refractivity contribution in [2.45, 2.75) is 45.3 Å². The molecule has 3 N–H and O–H groups in total. The molecule has 0 aromatic heterocycles. The van der Waals surface area contributed by atoms with E-state index in [-0.39, 0.29) is 6.61 Å². The minimum Gasteiger partial charge on any atom is -0.394 e. The first kappa shape index (κ1) is 15.8. The predicted octanol–water partition coefficient (Wildman–Crippen LogP) is 0.833. The molecule has 0 aliphatic rings. The molecule has 0 heterocycles. The van der Waals surface area contributed by atoms with E-state index in [2.05, 4.69) is 11.9 Å². The van der Waals surface area contributed by atoms with Gasteiger partial charge in [0.2, 0.25) is 0 Å². The average Bonchev–Trinajstić information content (AvgIpc) is 2.17. The second-order valence-corrected chi connectivity index (χ2v) is 5.14. The molecule has 0 aliphatic carbocycles. The van der Waals surface area contributed by atoms with Crippen LogP contribution in [0.1, 0.15) is 33.6 Å². The summed E-state index contributed by atoms with van der Waals surface area (Å²) >= 11 is 0. The highest BCUT2D eigenvalue weighted by molar-refractivity contribution is 4.77. The molecular weight excluding hydrogens is 204 g/mol. The Morgan fingerprint density at radius 2 is 2.00 bits per heavy atom. The molecule has 0 bridgehead atoms. The van der Waals surface area contributed by atoms with E-state index in [9.17, 15) is 0 Å². The van der Waals surface area contributed by atoms with Gasteiger partial charge in [-0.05, 0) is 47.2 Å². The number of hydrogen-bond donors (Lipinski definition) is 2. The maximum atomic E-state index is 9.00. The molecule has 0 rings (SSSR count). The van der Waals surface area contributed by atoms with Crippen LogP contribution in [-0.4, -0.2) is 55.0 Å². The van der Waals surface area contributed by atoms with Crippen LogP contribution < -0.4 is 5.73 Å². The van der Waals surface area contributed by atoms with Gasteiger partial charge in [0, 0.05) is 12.1 Å². The number of nitrogens with two attached hydrogens (primary N) is 1. The van der Waals surface area contributed by atoms with Gasteiger partial charge in [-0.2, -0.15) is 0 Å². The average molecular weight is 232 g/mol. The maximum absolute atomic E-state index is 9.00. The van der Waals surface area contributed by atoms with Crippen molar-refractivity contribution in [3.8, 4) is 0 Å². The number of rotatable bonds is 9. The highest BCUT2D eigenvalue weighted by Crippen LogP contribution is 2.07. The number of likely N-dealkylation sites (N-methyl/N-ethyl adjacent to an activating group) is 1. The molecular formula is C12H28N2O2. The zero-order chi connectivity index (χ0) is 12.6. The van der Waals surface area contributed by atoms with Gasteiger partial charge in [0.05, 0.1) is 19.3 Å². The molecule has 0 amide bonds. The first-order chi connectivity index (χ1) is 7.37. The fourth-order valence-corrected chi connectivity index (χ4v) is 1.39. The number of hydrogen-bond acceptors (Lipinski definition) is 4. The number of aliphatic hydroxyl groups excluding tert-OH is 1. The van der Waals surface area contributed by atoms with Crippen molar-refractivity contribution >= 4 is 0 Å². The van der Waals surface area contributed by atoms with E-state index < -0.39 is 5.54 Å². The summed E-state index contributed by atoms with van der Waals surface area (Å²) in [6.45, 7) is 8.73. The summed E-state index contributed by atoms with van der Waals surface area (Å²) in [6.07, 6.45) is 2.15. The minimum absolute atomic E-state index is 0.0488. The molecule has 0 aromatic rings. The standard InChI is InChI=1S/C12H28N2O2/c1-11(2)16-9-8-14(4)7-5-6-12(3,13)10-15/h11,15H,5-10,13H2,1-4H3. The van der Waals surface area contributed by atoms with Crippen LogP contribution in [0.5, 0.6) is 0 Å². The van der Waals surface area contributed by atoms with E-state index in [1.165, 1.54) is 0 Å². The fourth-order valence-electron chi connectivity index (χ4n) is 1.39. The van der Waals surface area contributed by atoms with Crippen LogP contribution in [0, 0.1) is 0 Å². The van der Waals surface area contributed by atoms with E-state index in [1.54, 1.807) is 0 Å². The lowest BCUT2D eigenvalue weighted by Gasteiger charge is -2.23. The SMILES string of the molecule is CC(C)OCCN(C)CCCC(C)(N)CO. The molecule has 0 fully saturated rings. The van der Waals surface area contributed by atoms with Gasteiger partial charge in [0.15, 0.2) is 0 Å². The maximum Gasteiger partial charge on any atom is 0.0608 e. The van der Waals surface area contributed by atoms with Crippen molar-refractivity contribution in [2.75, 3.05) is 33.4 Å². The number of nitrogens with zero attached hydrogens (tertiary/aromatic N) is 1. The molecule has 0 saturated heterocycles. The third kappa shape index (κ3) is 9.09. The summed E-state index contributed by atoms with van der Waals surface area (Å²) in [5, 5.41) is 9.00. The molecule has 98 valence electrons. The summed E-state index contributed by atoms with van der Waals surface area (Å²) in [4.78, 5) is 2.23. The van der Waals surface area contributed by atoms with E-state index >= 15 is 0 Å². The molecule has 0 aromatic carbocycles. The van der Waals surface area contributed by atoms with Gasteiger partial charge < -0.3 is 20.5 Å². The number of aliphatic hydroxyl groups is 1. The van der Waals surface area contributed by atoms with Crippen molar-refractivity contribution in [2.24, 2.45) is 5.73 Å². The van der Waals surface area contributed by atoms with Gasteiger partial charge in [-0.3, -0.25) is 0 Å². The Labute approximate surface area is 99.8 Å². The van der Waals surface area contributed by atoms with Gasteiger partial charge in [-0.15, -0.1) is 0 Å². The highest BCUT2D eigenvalue weighted by Gasteiger charge is 2.16. The molecule has 1 unspecified atom stereocenters. The lowest BCUT2D eigenvalue weighted by Crippen LogP contribution is -2.40. The van der Waals surface area contributed by atoms with Crippen LogP contribution in [0.15, 0.2) is 0 Å². The minimum atomic E-state index is -0.435. The first-order valence-corrected chi connectivity index (χ1v) is 6.07. The molecule has 0 spiro atoms. The Morgan fingerprint density at radius 3 is 2.50 bits per heavy atom. The van der Waals surface area contributed by atoms with E-state index in [0.717, 1.165) is 32.5 Å². The van der Waals surface area contributed by atoms with Crippen LogP contribution in [0.3, 0.4) is 0 Å². The Morgan fingerprint density at radius 1 is 1.38 bits per heavy atom. The van der Waals surface area contributed by atoms with Gasteiger partial charge in [0.1, 0.15) is 0 Å². The summed E-state index contributed by atoms with van der Waals surface area (Å²) in [5.41, 5.74) is 5.41. The third-order valence-corrected chi connectivity index (χ3v) is 2.57. The summed E-state index contributed by atoms with van der Waals surface area (Å²) in [7, 11) is 2.08.